The van der Waals surface area contributed by atoms with Gasteiger partial charge in [-0.25, -0.2) is 0 Å². The van der Waals surface area contributed by atoms with Crippen LogP contribution in [0.5, 0.6) is 0 Å². The monoisotopic (exact) mass is 349 g/mol. The van der Waals surface area contributed by atoms with Crippen molar-refractivity contribution in [1.82, 2.24) is 0 Å². The SMILES string of the molecule is O=C(CBr)c1ccc2c(c1)CCCN2C(=O)C(F)(F)F. The Morgan fingerprint density at radius 3 is 2.60 bits per heavy atom. The fraction of sp³-hybridized carbons (Fsp3) is 0.385. The average Bonchev–Trinajstić information content (AvgIpc) is 2.43. The van der Waals surface area contributed by atoms with Crippen LogP contribution in [-0.4, -0.2) is 29.7 Å². The van der Waals surface area contributed by atoms with Gasteiger partial charge in [-0.05, 0) is 36.6 Å². The summed E-state index contributed by atoms with van der Waals surface area (Å²) in [6.07, 6.45) is -3.89. The first-order valence-corrected chi connectivity index (χ1v) is 7.07. The van der Waals surface area contributed by atoms with E-state index in [0.717, 1.165) is 4.90 Å². The quantitative estimate of drug-likeness (QED) is 0.607. The van der Waals surface area contributed by atoms with E-state index in [4.69, 9.17) is 0 Å². The number of aryl methyl sites for hydroxylation is 1. The lowest BCUT2D eigenvalue weighted by molar-refractivity contribution is -0.170. The molecular weight excluding hydrogens is 339 g/mol. The number of carbonyl (C=O) groups is 2. The van der Waals surface area contributed by atoms with Crippen molar-refractivity contribution in [3.05, 3.63) is 29.3 Å². The summed E-state index contributed by atoms with van der Waals surface area (Å²) in [4.78, 5) is 23.7. The summed E-state index contributed by atoms with van der Waals surface area (Å²) in [5, 5.41) is 0.150. The molecule has 2 rings (SSSR count). The Bertz CT molecular complexity index is 557. The lowest BCUT2D eigenvalue weighted by Crippen LogP contribution is -2.43. The van der Waals surface area contributed by atoms with Crippen LogP contribution in [0.3, 0.4) is 0 Å². The minimum Gasteiger partial charge on any atom is -0.304 e. The van der Waals surface area contributed by atoms with Gasteiger partial charge in [0.05, 0.1) is 5.33 Å². The fourth-order valence-electron chi connectivity index (χ4n) is 2.21. The second-order valence-corrected chi connectivity index (χ2v) is 5.02. The molecule has 3 nitrogen and oxygen atoms in total. The summed E-state index contributed by atoms with van der Waals surface area (Å²) in [6.45, 7) is 0.0388. The van der Waals surface area contributed by atoms with Crippen LogP contribution in [0.2, 0.25) is 0 Å². The van der Waals surface area contributed by atoms with Crippen molar-refractivity contribution >= 4 is 33.3 Å². The number of benzene rings is 1. The molecule has 20 heavy (non-hydrogen) atoms. The normalized spacial score (nSPS) is 14.9. The first-order chi connectivity index (χ1) is 9.34. The number of ketones is 1. The molecule has 0 saturated carbocycles. The molecular formula is C13H11BrF3NO2. The van der Waals surface area contributed by atoms with Crippen LogP contribution < -0.4 is 4.90 Å². The lowest BCUT2D eigenvalue weighted by atomic mass is 9.98. The highest BCUT2D eigenvalue weighted by molar-refractivity contribution is 9.09. The van der Waals surface area contributed by atoms with Gasteiger partial charge in [0.15, 0.2) is 5.78 Å². The molecule has 0 saturated heterocycles. The van der Waals surface area contributed by atoms with Crippen molar-refractivity contribution in [3.8, 4) is 0 Å². The number of carbonyl (C=O) groups excluding carboxylic acids is 2. The third-order valence-electron chi connectivity index (χ3n) is 3.13. The molecule has 1 heterocycles. The zero-order valence-electron chi connectivity index (χ0n) is 10.3. The van der Waals surface area contributed by atoms with Gasteiger partial charge in [0.1, 0.15) is 0 Å². The maximum Gasteiger partial charge on any atom is 0.471 e. The third kappa shape index (κ3) is 2.87. The Morgan fingerprint density at radius 2 is 2.00 bits per heavy atom. The smallest absolute Gasteiger partial charge is 0.304 e. The Balaban J connectivity index is 2.38. The number of hydrogen-bond donors (Lipinski definition) is 0. The number of amides is 1. The first kappa shape index (κ1) is 15.0. The van der Waals surface area contributed by atoms with Crippen LogP contribution in [0, 0.1) is 0 Å². The second kappa shape index (κ2) is 5.55. The van der Waals surface area contributed by atoms with Gasteiger partial charge in [0.2, 0.25) is 0 Å². The molecule has 0 aromatic heterocycles. The first-order valence-electron chi connectivity index (χ1n) is 5.95. The molecule has 0 spiro atoms. The molecule has 0 fully saturated rings. The molecule has 1 aromatic carbocycles. The van der Waals surface area contributed by atoms with Crippen molar-refractivity contribution in [2.75, 3.05) is 16.8 Å². The van der Waals surface area contributed by atoms with E-state index in [9.17, 15) is 22.8 Å². The summed E-state index contributed by atoms with van der Waals surface area (Å²) in [5.41, 5.74) is 1.27. The van der Waals surface area contributed by atoms with Crippen molar-refractivity contribution in [2.24, 2.45) is 0 Å². The van der Waals surface area contributed by atoms with Gasteiger partial charge in [0, 0.05) is 17.8 Å². The van der Waals surface area contributed by atoms with Crippen LogP contribution in [0.1, 0.15) is 22.3 Å². The van der Waals surface area contributed by atoms with Gasteiger partial charge < -0.3 is 4.90 Å². The van der Waals surface area contributed by atoms with Crippen molar-refractivity contribution in [2.45, 2.75) is 19.0 Å². The number of halogens is 4. The van der Waals surface area contributed by atoms with Crippen LogP contribution in [0.15, 0.2) is 18.2 Å². The maximum absolute atomic E-state index is 12.5. The van der Waals surface area contributed by atoms with Crippen LogP contribution >= 0.6 is 15.9 Å². The molecule has 1 amide bonds. The van der Waals surface area contributed by atoms with Crippen molar-refractivity contribution in [3.63, 3.8) is 0 Å². The highest BCUT2D eigenvalue weighted by atomic mass is 79.9. The number of fused-ring (bicyclic) bond motifs is 1. The Hall–Kier alpha value is -1.37. The summed E-state index contributed by atoms with van der Waals surface area (Å²) in [7, 11) is 0. The van der Waals surface area contributed by atoms with Crippen molar-refractivity contribution in [1.29, 1.82) is 0 Å². The predicted molar refractivity (Wildman–Crippen MR) is 71.3 cm³/mol. The van der Waals surface area contributed by atoms with E-state index < -0.39 is 12.1 Å². The lowest BCUT2D eigenvalue weighted by Gasteiger charge is -2.30. The standard InChI is InChI=1S/C13H11BrF3NO2/c14-7-11(19)9-3-4-10-8(6-9)2-1-5-18(10)12(20)13(15,16)17/h3-4,6H,1-2,5,7H2. The van der Waals surface area contributed by atoms with E-state index in [0.29, 0.717) is 24.0 Å². The topological polar surface area (TPSA) is 37.4 Å². The molecule has 108 valence electrons. The molecule has 1 aliphatic heterocycles. The Labute approximate surface area is 121 Å². The average molecular weight is 350 g/mol. The Morgan fingerprint density at radius 1 is 1.30 bits per heavy atom. The molecule has 7 heteroatoms. The number of nitrogens with zero attached hydrogens (tertiary/aromatic N) is 1. The second-order valence-electron chi connectivity index (χ2n) is 4.46. The van der Waals surface area contributed by atoms with E-state index in [1.54, 1.807) is 6.07 Å². The van der Waals surface area contributed by atoms with E-state index in [1.165, 1.54) is 12.1 Å². The summed E-state index contributed by atoms with van der Waals surface area (Å²) >= 11 is 3.05. The highest BCUT2D eigenvalue weighted by Gasteiger charge is 2.44. The summed E-state index contributed by atoms with van der Waals surface area (Å²) in [5.74, 6) is -2.01. The molecule has 0 bridgehead atoms. The maximum atomic E-state index is 12.5. The minimum absolute atomic E-state index is 0.0388. The molecule has 0 radical (unpaired) electrons. The van der Waals surface area contributed by atoms with Crippen LogP contribution in [-0.2, 0) is 11.2 Å². The highest BCUT2D eigenvalue weighted by Crippen LogP contribution is 2.31. The molecule has 0 N–H and O–H groups in total. The van der Waals surface area contributed by atoms with Gasteiger partial charge in [-0.1, -0.05) is 15.9 Å². The number of anilines is 1. The van der Waals surface area contributed by atoms with E-state index in [2.05, 4.69) is 15.9 Å². The number of alkyl halides is 4. The van der Waals surface area contributed by atoms with E-state index in [1.807, 2.05) is 0 Å². The largest absolute Gasteiger partial charge is 0.471 e. The van der Waals surface area contributed by atoms with Gasteiger partial charge in [-0.2, -0.15) is 13.2 Å². The fourth-order valence-corrected chi connectivity index (χ4v) is 2.54. The third-order valence-corrected chi connectivity index (χ3v) is 3.64. The Kier molecular flexibility index (Phi) is 4.17. The molecule has 0 aliphatic carbocycles. The van der Waals surface area contributed by atoms with Crippen molar-refractivity contribution < 1.29 is 22.8 Å². The molecule has 1 aromatic rings. The number of hydrogen-bond acceptors (Lipinski definition) is 2. The zero-order chi connectivity index (χ0) is 14.9. The van der Waals surface area contributed by atoms with Gasteiger partial charge in [-0.15, -0.1) is 0 Å². The molecule has 0 atom stereocenters. The van der Waals surface area contributed by atoms with Gasteiger partial charge >= 0.3 is 12.1 Å². The van der Waals surface area contributed by atoms with Crippen LogP contribution in [0.4, 0.5) is 18.9 Å². The van der Waals surface area contributed by atoms with Crippen LogP contribution in [0.25, 0.3) is 0 Å². The van der Waals surface area contributed by atoms with Gasteiger partial charge in [0.25, 0.3) is 0 Å². The molecule has 1 aliphatic rings. The number of rotatable bonds is 2. The van der Waals surface area contributed by atoms with E-state index >= 15 is 0 Å². The zero-order valence-corrected chi connectivity index (χ0v) is 11.9. The summed E-state index contributed by atoms with van der Waals surface area (Å²) < 4.78 is 37.6. The minimum atomic E-state index is -4.89. The predicted octanol–water partition coefficient (Wildman–Crippen LogP) is 3.11. The van der Waals surface area contributed by atoms with Gasteiger partial charge in [-0.3, -0.25) is 9.59 Å². The summed E-state index contributed by atoms with van der Waals surface area (Å²) in [6, 6.07) is 4.42. The molecule has 0 unspecified atom stereocenters. The number of Topliss-reactive ketones (excluding diaryl/α,β-unsaturated/α-hetero) is 1. The van der Waals surface area contributed by atoms with E-state index in [-0.39, 0.29) is 23.3 Å².